The monoisotopic (exact) mass is 331 g/mol. The van der Waals surface area contributed by atoms with E-state index in [-0.39, 0.29) is 11.0 Å². The Balaban J connectivity index is 1.87. The molecule has 2 aromatic heterocycles. The van der Waals surface area contributed by atoms with Gasteiger partial charge in [-0.3, -0.25) is 0 Å². The van der Waals surface area contributed by atoms with E-state index in [9.17, 15) is 5.11 Å². The van der Waals surface area contributed by atoms with E-state index in [0.29, 0.717) is 0 Å². The van der Waals surface area contributed by atoms with Crippen molar-refractivity contribution in [1.82, 2.24) is 9.97 Å². The van der Waals surface area contributed by atoms with Crippen molar-refractivity contribution in [3.8, 4) is 5.75 Å². The summed E-state index contributed by atoms with van der Waals surface area (Å²) in [7, 11) is 0. The van der Waals surface area contributed by atoms with Crippen molar-refractivity contribution < 1.29 is 5.11 Å². The molecule has 1 aliphatic carbocycles. The molecule has 4 rings (SSSR count). The van der Waals surface area contributed by atoms with E-state index in [1.807, 2.05) is 6.07 Å². The van der Waals surface area contributed by atoms with Crippen LogP contribution in [-0.4, -0.2) is 15.1 Å². The van der Waals surface area contributed by atoms with E-state index < -0.39 is 0 Å². The van der Waals surface area contributed by atoms with Gasteiger partial charge in [-0.05, 0) is 55.0 Å². The molecule has 0 bridgehead atoms. The van der Waals surface area contributed by atoms with Crippen LogP contribution in [0.4, 0.5) is 11.5 Å². The molecule has 3 aromatic rings. The molecule has 0 aliphatic heterocycles. The Morgan fingerprint density at radius 3 is 2.91 bits per heavy atom. The van der Waals surface area contributed by atoms with Crippen molar-refractivity contribution in [2.75, 3.05) is 5.32 Å². The van der Waals surface area contributed by atoms with Crippen LogP contribution in [0.25, 0.3) is 10.2 Å². The topological polar surface area (TPSA) is 58.0 Å². The highest BCUT2D eigenvalue weighted by Crippen LogP contribution is 2.39. The van der Waals surface area contributed by atoms with E-state index in [1.165, 1.54) is 23.3 Å². The van der Waals surface area contributed by atoms with Crippen molar-refractivity contribution >= 4 is 44.7 Å². The largest absolute Gasteiger partial charge is 0.508 e. The second kappa shape index (κ2) is 5.41. The van der Waals surface area contributed by atoms with Crippen molar-refractivity contribution in [2.45, 2.75) is 25.7 Å². The first-order valence-electron chi connectivity index (χ1n) is 7.24. The number of hydrogen-bond donors (Lipinski definition) is 2. The van der Waals surface area contributed by atoms with E-state index in [2.05, 4.69) is 15.3 Å². The average Bonchev–Trinajstić information content (AvgIpc) is 2.85. The van der Waals surface area contributed by atoms with Crippen LogP contribution in [-0.2, 0) is 12.8 Å². The number of thiophene rings is 1. The van der Waals surface area contributed by atoms with Gasteiger partial charge in [0, 0.05) is 16.6 Å². The van der Waals surface area contributed by atoms with Crippen LogP contribution >= 0.6 is 22.9 Å². The molecule has 0 saturated heterocycles. The van der Waals surface area contributed by atoms with Crippen LogP contribution in [0, 0.1) is 0 Å². The molecule has 0 spiro atoms. The molecular formula is C16H14ClN3OS. The molecule has 0 atom stereocenters. The fourth-order valence-electron chi connectivity index (χ4n) is 2.94. The number of nitrogens with zero attached hydrogens (tertiary/aromatic N) is 2. The van der Waals surface area contributed by atoms with Crippen LogP contribution in [0.5, 0.6) is 5.75 Å². The maximum Gasteiger partial charge on any atom is 0.225 e. The van der Waals surface area contributed by atoms with Gasteiger partial charge in [-0.25, -0.2) is 4.98 Å². The first-order valence-corrected chi connectivity index (χ1v) is 8.44. The SMILES string of the molecule is Oc1cccc(Nc2nc(Cl)nc3sc4c(c23)CCCC4)c1. The number of benzene rings is 1. The van der Waals surface area contributed by atoms with E-state index in [1.54, 1.807) is 29.5 Å². The number of aromatic hydroxyl groups is 1. The Labute approximate surface area is 136 Å². The second-order valence-electron chi connectivity index (χ2n) is 5.41. The highest BCUT2D eigenvalue weighted by molar-refractivity contribution is 7.19. The minimum atomic E-state index is 0.216. The summed E-state index contributed by atoms with van der Waals surface area (Å²) in [5.74, 6) is 0.939. The predicted molar refractivity (Wildman–Crippen MR) is 90.5 cm³/mol. The zero-order chi connectivity index (χ0) is 15.1. The lowest BCUT2D eigenvalue weighted by Crippen LogP contribution is -2.01. The zero-order valence-electron chi connectivity index (χ0n) is 11.8. The van der Waals surface area contributed by atoms with Crippen molar-refractivity contribution in [3.63, 3.8) is 0 Å². The first-order chi connectivity index (χ1) is 10.7. The molecule has 0 radical (unpaired) electrons. The minimum Gasteiger partial charge on any atom is -0.508 e. The van der Waals surface area contributed by atoms with Crippen molar-refractivity contribution in [3.05, 3.63) is 40.0 Å². The van der Waals surface area contributed by atoms with E-state index >= 15 is 0 Å². The summed E-state index contributed by atoms with van der Waals surface area (Å²) in [6.45, 7) is 0. The summed E-state index contributed by atoms with van der Waals surface area (Å²) < 4.78 is 0. The number of aromatic nitrogens is 2. The maximum atomic E-state index is 9.61. The number of anilines is 2. The summed E-state index contributed by atoms with van der Waals surface area (Å²) in [4.78, 5) is 11.1. The molecule has 0 fully saturated rings. The molecule has 112 valence electrons. The van der Waals surface area contributed by atoms with Gasteiger partial charge in [0.2, 0.25) is 5.28 Å². The van der Waals surface area contributed by atoms with Gasteiger partial charge in [0.1, 0.15) is 16.4 Å². The van der Waals surface area contributed by atoms with Gasteiger partial charge < -0.3 is 10.4 Å². The maximum absolute atomic E-state index is 9.61. The Bertz CT molecular complexity index is 862. The Kier molecular flexibility index (Phi) is 3.39. The minimum absolute atomic E-state index is 0.216. The lowest BCUT2D eigenvalue weighted by atomic mass is 9.97. The van der Waals surface area contributed by atoms with Gasteiger partial charge >= 0.3 is 0 Å². The molecule has 1 aliphatic rings. The third-order valence-corrected chi connectivity index (χ3v) is 5.25. The van der Waals surface area contributed by atoms with Gasteiger partial charge in [0.05, 0.1) is 5.39 Å². The van der Waals surface area contributed by atoms with Crippen LogP contribution < -0.4 is 5.32 Å². The summed E-state index contributed by atoms with van der Waals surface area (Å²) in [5, 5.41) is 14.2. The molecule has 0 unspecified atom stereocenters. The fraction of sp³-hybridized carbons (Fsp3) is 0.250. The lowest BCUT2D eigenvalue weighted by molar-refractivity contribution is 0.475. The molecular weight excluding hydrogens is 318 g/mol. The third-order valence-electron chi connectivity index (χ3n) is 3.90. The lowest BCUT2D eigenvalue weighted by Gasteiger charge is -2.12. The van der Waals surface area contributed by atoms with Gasteiger partial charge in [0.15, 0.2) is 0 Å². The smallest absolute Gasteiger partial charge is 0.225 e. The number of phenolic OH excluding ortho intramolecular Hbond substituents is 1. The quantitative estimate of drug-likeness (QED) is 0.670. The molecule has 0 amide bonds. The second-order valence-corrected chi connectivity index (χ2v) is 6.83. The molecule has 2 N–H and O–H groups in total. The Hall–Kier alpha value is -1.85. The molecule has 4 nitrogen and oxygen atoms in total. The molecule has 22 heavy (non-hydrogen) atoms. The van der Waals surface area contributed by atoms with Crippen molar-refractivity contribution in [1.29, 1.82) is 0 Å². The number of phenols is 1. The van der Waals surface area contributed by atoms with E-state index in [4.69, 9.17) is 11.6 Å². The number of halogens is 1. The van der Waals surface area contributed by atoms with Crippen LogP contribution in [0.15, 0.2) is 24.3 Å². The summed E-state index contributed by atoms with van der Waals surface area (Å²) in [6, 6.07) is 6.99. The first kappa shape index (κ1) is 13.8. The zero-order valence-corrected chi connectivity index (χ0v) is 13.3. The Morgan fingerprint density at radius 2 is 2.05 bits per heavy atom. The van der Waals surface area contributed by atoms with Crippen molar-refractivity contribution in [2.24, 2.45) is 0 Å². The van der Waals surface area contributed by atoms with Gasteiger partial charge in [-0.15, -0.1) is 11.3 Å². The Morgan fingerprint density at radius 1 is 1.18 bits per heavy atom. The highest BCUT2D eigenvalue weighted by atomic mass is 35.5. The highest BCUT2D eigenvalue weighted by Gasteiger charge is 2.21. The number of hydrogen-bond acceptors (Lipinski definition) is 5. The molecule has 0 saturated carbocycles. The number of fused-ring (bicyclic) bond motifs is 3. The third kappa shape index (κ3) is 2.40. The van der Waals surface area contributed by atoms with Crippen LogP contribution in [0.3, 0.4) is 0 Å². The molecule has 1 aromatic carbocycles. The van der Waals surface area contributed by atoms with Crippen LogP contribution in [0.2, 0.25) is 5.28 Å². The van der Waals surface area contributed by atoms with E-state index in [0.717, 1.165) is 34.6 Å². The number of rotatable bonds is 2. The normalized spacial score (nSPS) is 14.0. The molecule has 2 heterocycles. The summed E-state index contributed by atoms with van der Waals surface area (Å²) in [5.41, 5.74) is 2.14. The van der Waals surface area contributed by atoms with Gasteiger partial charge in [0.25, 0.3) is 0 Å². The fourth-order valence-corrected chi connectivity index (χ4v) is 4.42. The predicted octanol–water partition coefficient (Wildman–Crippen LogP) is 4.67. The summed E-state index contributed by atoms with van der Waals surface area (Å²) in [6.07, 6.45) is 4.61. The number of nitrogens with one attached hydrogen (secondary N) is 1. The van der Waals surface area contributed by atoms with Gasteiger partial charge in [-0.1, -0.05) is 6.07 Å². The standard InChI is InChI=1S/C16H14ClN3OS/c17-16-19-14(18-9-4-3-5-10(21)8-9)13-11-6-1-2-7-12(11)22-15(13)20-16/h3-5,8,21H,1-2,6-7H2,(H,18,19,20). The van der Waals surface area contributed by atoms with Gasteiger partial charge in [-0.2, -0.15) is 4.98 Å². The number of aryl methyl sites for hydroxylation is 2. The average molecular weight is 332 g/mol. The molecule has 6 heteroatoms. The summed E-state index contributed by atoms with van der Waals surface area (Å²) >= 11 is 7.80. The van der Waals surface area contributed by atoms with Crippen LogP contribution in [0.1, 0.15) is 23.3 Å².